The van der Waals surface area contributed by atoms with Gasteiger partial charge in [0.05, 0.1) is 17.1 Å². The van der Waals surface area contributed by atoms with Crippen molar-refractivity contribution >= 4 is 11.6 Å². The number of anilines is 1. The number of aromatic nitrogens is 2. The highest BCUT2D eigenvalue weighted by atomic mass is 16.6. The Morgan fingerprint density at radius 1 is 1.50 bits per heavy atom. The molecular formula is C10H13N5O3. The van der Waals surface area contributed by atoms with Gasteiger partial charge in [-0.05, 0) is 6.42 Å². The van der Waals surface area contributed by atoms with Crippen LogP contribution in [-0.4, -0.2) is 39.7 Å². The Labute approximate surface area is 103 Å². The van der Waals surface area contributed by atoms with E-state index in [2.05, 4.69) is 15.3 Å². The molecule has 8 nitrogen and oxygen atoms in total. The number of fused-ring (bicyclic) bond motifs is 1. The highest BCUT2D eigenvalue weighted by Gasteiger charge is 2.52. The Bertz CT molecular complexity index is 465. The molecule has 2 aliphatic rings. The van der Waals surface area contributed by atoms with Crippen molar-refractivity contribution in [3.63, 3.8) is 0 Å². The molecule has 1 aliphatic heterocycles. The van der Waals surface area contributed by atoms with E-state index in [1.165, 1.54) is 12.4 Å². The van der Waals surface area contributed by atoms with E-state index >= 15 is 0 Å². The number of hydrogen-bond acceptors (Lipinski definition) is 7. The Morgan fingerprint density at radius 3 is 2.89 bits per heavy atom. The first-order chi connectivity index (χ1) is 8.66. The second-order valence-corrected chi connectivity index (χ2v) is 4.56. The molecule has 1 saturated heterocycles. The van der Waals surface area contributed by atoms with Crippen molar-refractivity contribution in [2.45, 2.75) is 24.6 Å². The van der Waals surface area contributed by atoms with Gasteiger partial charge >= 0.3 is 5.69 Å². The molecular weight excluding hydrogens is 238 g/mol. The summed E-state index contributed by atoms with van der Waals surface area (Å²) in [6.45, 7) is 0.738. The monoisotopic (exact) mass is 251 g/mol. The lowest BCUT2D eigenvalue weighted by atomic mass is 9.72. The van der Waals surface area contributed by atoms with Crippen LogP contribution in [0, 0.1) is 16.0 Å². The van der Waals surface area contributed by atoms with Gasteiger partial charge < -0.3 is 15.8 Å². The fraction of sp³-hybridized carbons (Fsp3) is 0.600. The topological polar surface area (TPSA) is 116 Å². The Hall–Kier alpha value is -1.80. The van der Waals surface area contributed by atoms with Gasteiger partial charge in [-0.15, -0.1) is 0 Å². The molecule has 8 heteroatoms. The number of nitrogens with zero attached hydrogens (tertiary/aromatic N) is 3. The van der Waals surface area contributed by atoms with Crippen molar-refractivity contribution in [3.05, 3.63) is 22.5 Å². The van der Waals surface area contributed by atoms with E-state index in [1.54, 1.807) is 0 Å². The third-order valence-electron chi connectivity index (χ3n) is 3.59. The van der Waals surface area contributed by atoms with E-state index < -0.39 is 4.92 Å². The maximum Gasteiger partial charge on any atom is 0.305 e. The molecule has 1 saturated carbocycles. The van der Waals surface area contributed by atoms with Crippen molar-refractivity contribution < 1.29 is 9.66 Å². The van der Waals surface area contributed by atoms with Crippen molar-refractivity contribution in [2.75, 3.05) is 11.9 Å². The average molecular weight is 251 g/mol. The summed E-state index contributed by atoms with van der Waals surface area (Å²) >= 11 is 0. The lowest BCUT2D eigenvalue weighted by molar-refractivity contribution is -0.385. The average Bonchev–Trinajstić information content (AvgIpc) is 2.81. The molecule has 96 valence electrons. The van der Waals surface area contributed by atoms with E-state index in [0.29, 0.717) is 11.9 Å². The van der Waals surface area contributed by atoms with Gasteiger partial charge in [0.1, 0.15) is 12.4 Å². The van der Waals surface area contributed by atoms with Gasteiger partial charge in [0, 0.05) is 18.6 Å². The second-order valence-electron chi connectivity index (χ2n) is 4.56. The third-order valence-corrected chi connectivity index (χ3v) is 3.59. The molecule has 4 atom stereocenters. The van der Waals surface area contributed by atoms with Crippen LogP contribution < -0.4 is 11.1 Å². The van der Waals surface area contributed by atoms with Crippen molar-refractivity contribution in [3.8, 4) is 0 Å². The highest BCUT2D eigenvalue weighted by Crippen LogP contribution is 2.38. The summed E-state index contributed by atoms with van der Waals surface area (Å²) in [5.74, 6) is 0.746. The van der Waals surface area contributed by atoms with E-state index in [9.17, 15) is 10.1 Å². The smallest absolute Gasteiger partial charge is 0.305 e. The van der Waals surface area contributed by atoms with Crippen LogP contribution in [0.1, 0.15) is 6.42 Å². The largest absolute Gasteiger partial charge is 0.376 e. The number of rotatable bonds is 3. The van der Waals surface area contributed by atoms with Gasteiger partial charge in [-0.1, -0.05) is 0 Å². The van der Waals surface area contributed by atoms with Crippen LogP contribution in [0.3, 0.4) is 0 Å². The van der Waals surface area contributed by atoms with Gasteiger partial charge in [-0.3, -0.25) is 10.1 Å². The first kappa shape index (κ1) is 11.3. The molecule has 0 spiro atoms. The van der Waals surface area contributed by atoms with Crippen molar-refractivity contribution in [2.24, 2.45) is 11.7 Å². The van der Waals surface area contributed by atoms with Crippen molar-refractivity contribution in [1.29, 1.82) is 0 Å². The van der Waals surface area contributed by atoms with Crippen LogP contribution in [-0.2, 0) is 4.74 Å². The number of nitro groups is 1. The predicted molar refractivity (Wildman–Crippen MR) is 61.9 cm³/mol. The quantitative estimate of drug-likeness (QED) is 0.569. The lowest BCUT2D eigenvalue weighted by Crippen LogP contribution is -2.65. The molecule has 0 radical (unpaired) electrons. The molecule has 1 aromatic rings. The summed E-state index contributed by atoms with van der Waals surface area (Å²) in [6, 6.07) is 0.00949. The van der Waals surface area contributed by atoms with Crippen LogP contribution >= 0.6 is 0 Å². The SMILES string of the molecule is NC1C2CCOC2C1Nc1ncc([N+](=O)[O-])cn1. The Morgan fingerprint density at radius 2 is 2.22 bits per heavy atom. The summed E-state index contributed by atoms with van der Waals surface area (Å²) in [5.41, 5.74) is 5.90. The molecule has 1 aliphatic carbocycles. The number of ether oxygens (including phenoxy) is 1. The summed E-state index contributed by atoms with van der Waals surface area (Å²) in [5, 5.41) is 13.5. The van der Waals surface area contributed by atoms with Crippen LogP contribution in [0.15, 0.2) is 12.4 Å². The van der Waals surface area contributed by atoms with Crippen LogP contribution in [0.2, 0.25) is 0 Å². The summed E-state index contributed by atoms with van der Waals surface area (Å²) in [4.78, 5) is 17.7. The molecule has 3 N–H and O–H groups in total. The Kier molecular flexibility index (Phi) is 2.60. The highest BCUT2D eigenvalue weighted by molar-refractivity contribution is 5.34. The molecule has 2 fully saturated rings. The number of nitrogens with one attached hydrogen (secondary N) is 1. The van der Waals surface area contributed by atoms with Crippen LogP contribution in [0.25, 0.3) is 0 Å². The van der Waals surface area contributed by atoms with Crippen molar-refractivity contribution in [1.82, 2.24) is 9.97 Å². The molecule has 0 amide bonds. The minimum absolute atomic E-state index is 0.0149. The third kappa shape index (κ3) is 1.70. The fourth-order valence-electron chi connectivity index (χ4n) is 2.57. The fourth-order valence-corrected chi connectivity index (χ4v) is 2.57. The summed E-state index contributed by atoms with van der Waals surface area (Å²) < 4.78 is 5.56. The minimum Gasteiger partial charge on any atom is -0.376 e. The normalized spacial score (nSPS) is 33.6. The molecule has 18 heavy (non-hydrogen) atoms. The van der Waals surface area contributed by atoms with Gasteiger partial charge in [0.25, 0.3) is 0 Å². The van der Waals surface area contributed by atoms with E-state index in [1.807, 2.05) is 0 Å². The molecule has 0 aromatic carbocycles. The lowest BCUT2D eigenvalue weighted by Gasteiger charge is -2.45. The zero-order valence-corrected chi connectivity index (χ0v) is 9.52. The Balaban J connectivity index is 1.68. The summed E-state index contributed by atoms with van der Waals surface area (Å²) in [7, 11) is 0. The first-order valence-corrected chi connectivity index (χ1v) is 5.77. The van der Waals surface area contributed by atoms with Crippen LogP contribution in [0.4, 0.5) is 11.6 Å². The standard InChI is InChI=1S/C10H13N5O3/c11-7-6-1-2-18-9(6)8(7)14-10-12-3-5(4-13-10)15(16)17/h3-4,6-9H,1-2,11H2,(H,12,13,14). The first-order valence-electron chi connectivity index (χ1n) is 5.77. The van der Waals surface area contributed by atoms with E-state index in [0.717, 1.165) is 13.0 Å². The predicted octanol–water partition coefficient (Wildman–Crippen LogP) is -0.0887. The maximum absolute atomic E-state index is 10.5. The van der Waals surface area contributed by atoms with E-state index in [-0.39, 0.29) is 23.9 Å². The van der Waals surface area contributed by atoms with Gasteiger partial charge in [0.2, 0.25) is 5.95 Å². The molecule has 0 bridgehead atoms. The van der Waals surface area contributed by atoms with Crippen LogP contribution in [0.5, 0.6) is 0 Å². The number of nitrogens with two attached hydrogens (primary N) is 1. The zero-order valence-electron chi connectivity index (χ0n) is 9.52. The second kappa shape index (κ2) is 4.14. The van der Waals surface area contributed by atoms with Gasteiger partial charge in [-0.2, -0.15) is 0 Å². The zero-order chi connectivity index (χ0) is 12.7. The van der Waals surface area contributed by atoms with E-state index in [4.69, 9.17) is 10.5 Å². The molecule has 4 unspecified atom stereocenters. The number of hydrogen-bond donors (Lipinski definition) is 2. The molecule has 1 aromatic heterocycles. The molecule has 2 heterocycles. The summed E-state index contributed by atoms with van der Waals surface area (Å²) in [6.07, 6.45) is 3.45. The maximum atomic E-state index is 10.5. The molecule has 3 rings (SSSR count). The van der Waals surface area contributed by atoms with Gasteiger partial charge in [-0.25, -0.2) is 9.97 Å². The van der Waals surface area contributed by atoms with Gasteiger partial charge in [0.15, 0.2) is 0 Å². The minimum atomic E-state index is -0.533.